The lowest BCUT2D eigenvalue weighted by molar-refractivity contribution is -0.137. The summed E-state index contributed by atoms with van der Waals surface area (Å²) in [6.45, 7) is 0.552. The average Bonchev–Trinajstić information content (AvgIpc) is 2.88. The first-order valence-electron chi connectivity index (χ1n) is 6.25. The summed E-state index contributed by atoms with van der Waals surface area (Å²) in [5, 5.41) is 5.27. The SMILES string of the molecule is CNC1COCC1C(=O)Nc1ccc(Br)cc1C(F)(F)F. The van der Waals surface area contributed by atoms with Gasteiger partial charge in [0.2, 0.25) is 5.91 Å². The normalized spacial score (nSPS) is 22.3. The molecule has 1 amide bonds. The molecule has 2 unspecified atom stereocenters. The van der Waals surface area contributed by atoms with Crippen LogP contribution in [0.5, 0.6) is 0 Å². The molecule has 0 saturated carbocycles. The van der Waals surface area contributed by atoms with Crippen molar-refractivity contribution < 1.29 is 22.7 Å². The number of carbonyl (C=O) groups is 1. The Morgan fingerprint density at radius 3 is 2.71 bits per heavy atom. The van der Waals surface area contributed by atoms with Crippen molar-refractivity contribution in [1.82, 2.24) is 5.32 Å². The highest BCUT2D eigenvalue weighted by molar-refractivity contribution is 9.10. The van der Waals surface area contributed by atoms with Crippen LogP contribution in [-0.2, 0) is 15.7 Å². The van der Waals surface area contributed by atoms with Gasteiger partial charge in [-0.05, 0) is 25.2 Å². The van der Waals surface area contributed by atoms with E-state index < -0.39 is 23.6 Å². The summed E-state index contributed by atoms with van der Waals surface area (Å²) in [5.74, 6) is -1.00. The van der Waals surface area contributed by atoms with Crippen LogP contribution < -0.4 is 10.6 Å². The maximum Gasteiger partial charge on any atom is 0.418 e. The minimum Gasteiger partial charge on any atom is -0.379 e. The fourth-order valence-corrected chi connectivity index (χ4v) is 2.54. The number of alkyl halides is 3. The van der Waals surface area contributed by atoms with Crippen LogP contribution >= 0.6 is 15.9 Å². The monoisotopic (exact) mass is 366 g/mol. The number of amides is 1. The molecule has 2 atom stereocenters. The lowest BCUT2D eigenvalue weighted by Crippen LogP contribution is -2.39. The summed E-state index contributed by atoms with van der Waals surface area (Å²) >= 11 is 3.00. The second-order valence-electron chi connectivity index (χ2n) is 4.72. The van der Waals surface area contributed by atoms with Crippen molar-refractivity contribution in [3.8, 4) is 0 Å². The van der Waals surface area contributed by atoms with Gasteiger partial charge < -0.3 is 15.4 Å². The fraction of sp³-hybridized carbons (Fsp3) is 0.462. The van der Waals surface area contributed by atoms with E-state index in [9.17, 15) is 18.0 Å². The lowest BCUT2D eigenvalue weighted by atomic mass is 10.0. The van der Waals surface area contributed by atoms with Gasteiger partial charge in [0.25, 0.3) is 0 Å². The Hall–Kier alpha value is -1.12. The van der Waals surface area contributed by atoms with Crippen molar-refractivity contribution in [1.29, 1.82) is 0 Å². The standard InChI is InChI=1S/C13H14BrF3N2O2/c1-18-11-6-21-5-8(11)12(20)19-10-3-2-7(14)4-9(10)13(15,16)17/h2-4,8,11,18H,5-6H2,1H3,(H,19,20). The summed E-state index contributed by atoms with van der Waals surface area (Å²) in [4.78, 5) is 12.1. The van der Waals surface area contributed by atoms with Gasteiger partial charge in [0.1, 0.15) is 0 Å². The van der Waals surface area contributed by atoms with Crippen LogP contribution in [-0.4, -0.2) is 32.2 Å². The Bertz CT molecular complexity index is 537. The Labute approximate surface area is 128 Å². The molecule has 1 fully saturated rings. The van der Waals surface area contributed by atoms with Gasteiger partial charge in [0.15, 0.2) is 0 Å². The molecule has 0 aromatic heterocycles. The Morgan fingerprint density at radius 2 is 2.10 bits per heavy atom. The summed E-state index contributed by atoms with van der Waals surface area (Å²) in [7, 11) is 1.68. The molecular weight excluding hydrogens is 353 g/mol. The van der Waals surface area contributed by atoms with Crippen LogP contribution in [0.4, 0.5) is 18.9 Å². The van der Waals surface area contributed by atoms with Crippen LogP contribution in [0.25, 0.3) is 0 Å². The number of halogens is 4. The molecule has 0 aliphatic carbocycles. The first-order chi connectivity index (χ1) is 9.82. The van der Waals surface area contributed by atoms with Crippen molar-refractivity contribution in [3.05, 3.63) is 28.2 Å². The molecule has 0 spiro atoms. The van der Waals surface area contributed by atoms with E-state index in [1.165, 1.54) is 12.1 Å². The molecule has 0 bridgehead atoms. The lowest BCUT2D eigenvalue weighted by Gasteiger charge is -2.19. The molecule has 116 valence electrons. The second-order valence-corrected chi connectivity index (χ2v) is 5.63. The first-order valence-corrected chi connectivity index (χ1v) is 7.05. The Morgan fingerprint density at radius 1 is 1.38 bits per heavy atom. The summed E-state index contributed by atoms with van der Waals surface area (Å²) in [6.07, 6.45) is -4.54. The molecule has 1 aliphatic heterocycles. The third kappa shape index (κ3) is 3.75. The van der Waals surface area contributed by atoms with Crippen LogP contribution in [0, 0.1) is 5.92 Å². The number of ether oxygens (including phenoxy) is 1. The zero-order valence-electron chi connectivity index (χ0n) is 11.1. The molecule has 21 heavy (non-hydrogen) atoms. The van der Waals surface area contributed by atoms with Gasteiger partial charge in [-0.1, -0.05) is 15.9 Å². The van der Waals surface area contributed by atoms with Gasteiger partial charge in [-0.3, -0.25) is 4.79 Å². The van der Waals surface area contributed by atoms with Crippen LogP contribution in [0.3, 0.4) is 0 Å². The molecular formula is C13H14BrF3N2O2. The molecule has 1 aromatic carbocycles. The molecule has 1 saturated heterocycles. The smallest absolute Gasteiger partial charge is 0.379 e. The van der Waals surface area contributed by atoms with Gasteiger partial charge in [-0.2, -0.15) is 13.2 Å². The molecule has 2 N–H and O–H groups in total. The number of benzene rings is 1. The number of likely N-dealkylation sites (N-methyl/N-ethyl adjacent to an activating group) is 1. The van der Waals surface area contributed by atoms with Crippen LogP contribution in [0.2, 0.25) is 0 Å². The molecule has 8 heteroatoms. The van der Waals surface area contributed by atoms with E-state index in [1.54, 1.807) is 7.05 Å². The molecule has 2 rings (SSSR count). The highest BCUT2D eigenvalue weighted by Crippen LogP contribution is 2.36. The number of carbonyl (C=O) groups excluding carboxylic acids is 1. The van der Waals surface area contributed by atoms with E-state index in [-0.39, 0.29) is 18.3 Å². The van der Waals surface area contributed by atoms with E-state index in [2.05, 4.69) is 26.6 Å². The second kappa shape index (κ2) is 6.33. The summed E-state index contributed by atoms with van der Waals surface area (Å²) < 4.78 is 44.4. The number of nitrogens with one attached hydrogen (secondary N) is 2. The van der Waals surface area contributed by atoms with Gasteiger partial charge in [-0.15, -0.1) is 0 Å². The number of rotatable bonds is 3. The van der Waals surface area contributed by atoms with Crippen molar-refractivity contribution in [2.75, 3.05) is 25.6 Å². The number of hydrogen-bond acceptors (Lipinski definition) is 3. The largest absolute Gasteiger partial charge is 0.418 e. The third-order valence-corrected chi connectivity index (χ3v) is 3.83. The quantitative estimate of drug-likeness (QED) is 0.864. The average molecular weight is 367 g/mol. The van der Waals surface area contributed by atoms with Crippen molar-refractivity contribution >= 4 is 27.5 Å². The Balaban J connectivity index is 2.21. The summed E-state index contributed by atoms with van der Waals surface area (Å²) in [5.41, 5.74) is -1.14. The maximum atomic E-state index is 13.0. The van der Waals surface area contributed by atoms with Crippen LogP contribution in [0.1, 0.15) is 5.56 Å². The molecule has 1 heterocycles. The van der Waals surface area contributed by atoms with Gasteiger partial charge >= 0.3 is 6.18 Å². The third-order valence-electron chi connectivity index (χ3n) is 3.33. The van der Waals surface area contributed by atoms with E-state index in [0.717, 1.165) is 6.07 Å². The van der Waals surface area contributed by atoms with Crippen LogP contribution in [0.15, 0.2) is 22.7 Å². The number of anilines is 1. The minimum atomic E-state index is -4.54. The van der Waals surface area contributed by atoms with Crippen molar-refractivity contribution in [2.24, 2.45) is 5.92 Å². The Kier molecular flexibility index (Phi) is 4.90. The molecule has 1 aromatic rings. The first kappa shape index (κ1) is 16.3. The predicted molar refractivity (Wildman–Crippen MR) is 74.9 cm³/mol. The fourth-order valence-electron chi connectivity index (χ4n) is 2.18. The molecule has 0 radical (unpaired) electrons. The van der Waals surface area contributed by atoms with Crippen molar-refractivity contribution in [3.63, 3.8) is 0 Å². The van der Waals surface area contributed by atoms with E-state index in [1.807, 2.05) is 0 Å². The van der Waals surface area contributed by atoms with Gasteiger partial charge in [0, 0.05) is 10.5 Å². The molecule has 4 nitrogen and oxygen atoms in total. The highest BCUT2D eigenvalue weighted by atomic mass is 79.9. The zero-order chi connectivity index (χ0) is 15.6. The number of hydrogen-bond donors (Lipinski definition) is 2. The van der Waals surface area contributed by atoms with E-state index in [0.29, 0.717) is 11.1 Å². The van der Waals surface area contributed by atoms with E-state index in [4.69, 9.17) is 4.74 Å². The molecule has 1 aliphatic rings. The van der Waals surface area contributed by atoms with Crippen molar-refractivity contribution in [2.45, 2.75) is 12.2 Å². The highest BCUT2D eigenvalue weighted by Gasteiger charge is 2.37. The zero-order valence-corrected chi connectivity index (χ0v) is 12.7. The predicted octanol–water partition coefficient (Wildman–Crippen LogP) is 2.64. The van der Waals surface area contributed by atoms with Gasteiger partial charge in [0.05, 0.1) is 30.4 Å². The van der Waals surface area contributed by atoms with Gasteiger partial charge in [-0.25, -0.2) is 0 Å². The topological polar surface area (TPSA) is 50.4 Å². The van der Waals surface area contributed by atoms with E-state index >= 15 is 0 Å². The summed E-state index contributed by atoms with van der Waals surface area (Å²) in [6, 6.07) is 3.42. The maximum absolute atomic E-state index is 13.0. The minimum absolute atomic E-state index is 0.190.